The maximum atomic E-state index is 13.5. The first-order valence-electron chi connectivity index (χ1n) is 12.1. The molecule has 0 unspecified atom stereocenters. The molecule has 0 aliphatic rings. The fourth-order valence-electron chi connectivity index (χ4n) is 4.14. The Hall–Kier alpha value is -6.14. The van der Waals surface area contributed by atoms with Gasteiger partial charge in [0.1, 0.15) is 11.4 Å². The lowest BCUT2D eigenvalue weighted by molar-refractivity contribution is -0.138. The number of nitrogens with zero attached hydrogens (tertiary/aromatic N) is 7. The highest BCUT2D eigenvalue weighted by atomic mass is 19.4. The van der Waals surface area contributed by atoms with E-state index < -0.39 is 52.5 Å². The fourth-order valence-corrected chi connectivity index (χ4v) is 4.14. The summed E-state index contributed by atoms with van der Waals surface area (Å²) in [4.78, 5) is 38.9. The molecule has 3 heterocycles. The van der Waals surface area contributed by atoms with E-state index in [-0.39, 0.29) is 39.7 Å². The van der Waals surface area contributed by atoms with Gasteiger partial charge < -0.3 is 15.9 Å². The van der Waals surface area contributed by atoms with E-state index in [9.17, 15) is 40.7 Å². The second-order valence-corrected chi connectivity index (χ2v) is 9.15. The number of nitrogens with two attached hydrogens (primary N) is 1. The van der Waals surface area contributed by atoms with E-state index in [1.165, 1.54) is 12.1 Å². The van der Waals surface area contributed by atoms with Crippen molar-refractivity contribution in [3.05, 3.63) is 88.7 Å². The van der Waals surface area contributed by atoms with Crippen LogP contribution in [0.2, 0.25) is 0 Å². The van der Waals surface area contributed by atoms with Gasteiger partial charge in [0.2, 0.25) is 5.91 Å². The molecule has 4 N–H and O–H groups in total. The average Bonchev–Trinajstić information content (AvgIpc) is 3.66. The predicted octanol–water partition coefficient (Wildman–Crippen LogP) is 4.11. The molecule has 45 heavy (non-hydrogen) atoms. The van der Waals surface area contributed by atoms with Crippen molar-refractivity contribution in [3.8, 4) is 34.2 Å². The molecule has 5 rings (SSSR count). The summed E-state index contributed by atoms with van der Waals surface area (Å²) in [6.45, 7) is 0. The van der Waals surface area contributed by atoms with Crippen molar-refractivity contribution < 1.29 is 50.9 Å². The molecule has 0 aliphatic heterocycles. The molecule has 0 aliphatic carbocycles. The zero-order valence-corrected chi connectivity index (χ0v) is 21.9. The maximum Gasteiger partial charge on any atom is 0.417 e. The second kappa shape index (κ2) is 10.8. The third kappa shape index (κ3) is 6.03. The van der Waals surface area contributed by atoms with Crippen molar-refractivity contribution in [1.29, 1.82) is 0 Å². The van der Waals surface area contributed by atoms with Crippen LogP contribution < -0.4 is 5.73 Å². The van der Waals surface area contributed by atoms with Crippen LogP contribution in [0.5, 0.6) is 0 Å². The first-order valence-corrected chi connectivity index (χ1v) is 12.1. The molecular weight excluding hydrogens is 618 g/mol. The van der Waals surface area contributed by atoms with Crippen molar-refractivity contribution in [2.45, 2.75) is 12.4 Å². The topological polar surface area (TPSA) is 192 Å². The van der Waals surface area contributed by atoms with E-state index in [0.29, 0.717) is 12.1 Å². The monoisotopic (exact) mass is 632 g/mol. The number of carboxylic acid groups (broad SMARTS) is 2. The minimum atomic E-state index is -5.00. The zero-order valence-electron chi connectivity index (χ0n) is 21.9. The Morgan fingerprint density at radius 2 is 1.04 bits per heavy atom. The Morgan fingerprint density at radius 1 is 0.644 bits per heavy atom. The molecule has 0 atom stereocenters. The number of amides is 1. The number of carbonyl (C=O) groups excluding carboxylic acids is 1. The fraction of sp³-hybridized carbons (Fsp3) is 0.0769. The van der Waals surface area contributed by atoms with Crippen molar-refractivity contribution in [3.63, 3.8) is 0 Å². The molecular formula is C26H14F6N8O5. The van der Waals surface area contributed by atoms with Gasteiger partial charge in [-0.3, -0.25) is 4.79 Å². The summed E-state index contributed by atoms with van der Waals surface area (Å²) in [5.74, 6) is -4.51. The summed E-state index contributed by atoms with van der Waals surface area (Å²) in [5, 5.41) is 33.5. The highest BCUT2D eigenvalue weighted by Crippen LogP contribution is 2.35. The lowest BCUT2D eigenvalue weighted by Crippen LogP contribution is -2.14. The largest absolute Gasteiger partial charge is 0.478 e. The summed E-state index contributed by atoms with van der Waals surface area (Å²) in [6.07, 6.45) is -7.70. The van der Waals surface area contributed by atoms with E-state index in [4.69, 9.17) is 15.9 Å². The Morgan fingerprint density at radius 3 is 1.38 bits per heavy atom. The van der Waals surface area contributed by atoms with Crippen LogP contribution in [0.15, 0.2) is 60.9 Å². The number of rotatable bonds is 7. The van der Waals surface area contributed by atoms with Crippen molar-refractivity contribution >= 4 is 17.8 Å². The standard InChI is InChI=1S/C26H14F6N8O5/c27-25(28,29)16-7-12(1-3-14(16)23(42)43)39-9-20(35-37-39)18-5-11(22(33)41)6-19(34-18)21-10-40(38-36-21)13-2-4-15(24(44)45)17(8-13)26(30,31)32/h1-10H,(H2,33,41)(H,42,43)(H,44,45). The molecule has 19 heteroatoms. The van der Waals surface area contributed by atoms with E-state index in [1.807, 2.05) is 0 Å². The normalized spacial score (nSPS) is 11.9. The number of aromatic carboxylic acids is 2. The number of carboxylic acids is 2. The number of alkyl halides is 6. The number of carbonyl (C=O) groups is 3. The Kier molecular flexibility index (Phi) is 7.31. The van der Waals surface area contributed by atoms with Gasteiger partial charge in [-0.25, -0.2) is 23.9 Å². The van der Waals surface area contributed by atoms with E-state index in [1.54, 1.807) is 0 Å². The molecule has 0 bridgehead atoms. The number of pyridine rings is 1. The number of benzene rings is 2. The second-order valence-electron chi connectivity index (χ2n) is 9.15. The lowest BCUT2D eigenvalue weighted by Gasteiger charge is -2.11. The lowest BCUT2D eigenvalue weighted by atomic mass is 10.1. The maximum absolute atomic E-state index is 13.5. The molecule has 5 aromatic rings. The van der Waals surface area contributed by atoms with E-state index >= 15 is 0 Å². The van der Waals surface area contributed by atoms with Gasteiger partial charge in [-0.2, -0.15) is 26.3 Å². The van der Waals surface area contributed by atoms with Gasteiger partial charge in [-0.05, 0) is 48.5 Å². The Bertz CT molecular complexity index is 1870. The van der Waals surface area contributed by atoms with Crippen LogP contribution >= 0.6 is 0 Å². The van der Waals surface area contributed by atoms with Gasteiger partial charge in [0, 0.05) is 5.56 Å². The summed E-state index contributed by atoms with van der Waals surface area (Å²) < 4.78 is 82.7. The Labute approximate surface area is 245 Å². The first-order chi connectivity index (χ1) is 21.0. The molecule has 0 radical (unpaired) electrons. The third-order valence-corrected chi connectivity index (χ3v) is 6.23. The number of aromatic nitrogens is 7. The van der Waals surface area contributed by atoms with Gasteiger partial charge in [-0.1, -0.05) is 10.4 Å². The van der Waals surface area contributed by atoms with Gasteiger partial charge in [0.25, 0.3) is 0 Å². The highest BCUT2D eigenvalue weighted by molar-refractivity contribution is 5.95. The molecule has 0 fully saturated rings. The molecule has 13 nitrogen and oxygen atoms in total. The SMILES string of the molecule is NC(=O)c1cc(-c2cn(-c3ccc(C(=O)O)c(C(F)(F)F)c3)nn2)nc(-c2cn(-c3ccc(C(=O)O)c(C(F)(F)F)c3)nn2)c1. The van der Waals surface area contributed by atoms with Gasteiger partial charge in [0.05, 0.1) is 57.4 Å². The number of hydrogen-bond acceptors (Lipinski definition) is 8. The minimum Gasteiger partial charge on any atom is -0.478 e. The van der Waals surface area contributed by atoms with Gasteiger partial charge in [-0.15, -0.1) is 10.2 Å². The van der Waals surface area contributed by atoms with Crippen molar-refractivity contribution in [2.24, 2.45) is 5.73 Å². The summed E-state index contributed by atoms with van der Waals surface area (Å²) in [5.41, 5.74) is -0.176. The van der Waals surface area contributed by atoms with Crippen LogP contribution in [0, 0.1) is 0 Å². The number of hydrogen-bond donors (Lipinski definition) is 3. The molecule has 230 valence electrons. The molecule has 2 aromatic carbocycles. The third-order valence-electron chi connectivity index (χ3n) is 6.23. The van der Waals surface area contributed by atoms with Gasteiger partial charge >= 0.3 is 24.3 Å². The minimum absolute atomic E-state index is 0.0644. The molecule has 0 saturated heterocycles. The van der Waals surface area contributed by atoms with E-state index in [2.05, 4.69) is 25.6 Å². The highest BCUT2D eigenvalue weighted by Gasteiger charge is 2.37. The predicted molar refractivity (Wildman–Crippen MR) is 137 cm³/mol. The van der Waals surface area contributed by atoms with Crippen molar-refractivity contribution in [2.75, 3.05) is 0 Å². The number of halogens is 6. The quantitative estimate of drug-likeness (QED) is 0.220. The van der Waals surface area contributed by atoms with E-state index in [0.717, 1.165) is 46.0 Å². The molecule has 0 saturated carbocycles. The van der Waals surface area contributed by atoms with Crippen LogP contribution in [0.1, 0.15) is 42.2 Å². The molecule has 0 spiro atoms. The smallest absolute Gasteiger partial charge is 0.417 e. The summed E-state index contributed by atoms with van der Waals surface area (Å²) in [7, 11) is 0. The van der Waals surface area contributed by atoms with Gasteiger partial charge in [0.15, 0.2) is 0 Å². The van der Waals surface area contributed by atoms with Crippen LogP contribution in [0.25, 0.3) is 34.2 Å². The molecule has 3 aromatic heterocycles. The Balaban J connectivity index is 1.54. The molecule has 1 amide bonds. The zero-order chi connectivity index (χ0) is 32.8. The van der Waals surface area contributed by atoms with Crippen LogP contribution in [0.4, 0.5) is 26.3 Å². The van der Waals surface area contributed by atoms with Crippen LogP contribution in [-0.2, 0) is 12.4 Å². The van der Waals surface area contributed by atoms with Crippen LogP contribution in [-0.4, -0.2) is 63.0 Å². The summed E-state index contributed by atoms with van der Waals surface area (Å²) >= 11 is 0. The average molecular weight is 632 g/mol. The van der Waals surface area contributed by atoms with Crippen LogP contribution in [0.3, 0.4) is 0 Å². The first kappa shape index (κ1) is 30.3. The van der Waals surface area contributed by atoms with Crippen molar-refractivity contribution in [1.82, 2.24) is 35.0 Å². The number of primary amides is 1. The summed E-state index contributed by atoms with van der Waals surface area (Å²) in [6, 6.07) is 7.16.